The zero-order valence-corrected chi connectivity index (χ0v) is 13.5. The standard InChI is InChI=1S/C16H22N4S/c1-12-10-13(2)19-16(18-12)17-11-14(15-6-5-9-21-15)20-7-3-4-8-20/h5-6,9-10,14H,3-4,7-8,11H2,1-2H3,(H,17,18,19). The van der Waals surface area contributed by atoms with Crippen LogP contribution in [-0.2, 0) is 0 Å². The van der Waals surface area contributed by atoms with Gasteiger partial charge in [0.1, 0.15) is 0 Å². The molecule has 0 amide bonds. The molecule has 2 aromatic heterocycles. The molecule has 0 bridgehead atoms. The lowest BCUT2D eigenvalue weighted by Crippen LogP contribution is -2.30. The van der Waals surface area contributed by atoms with E-state index in [1.54, 1.807) is 0 Å². The highest BCUT2D eigenvalue weighted by Gasteiger charge is 2.24. The Labute approximate surface area is 130 Å². The third-order valence-electron chi connectivity index (χ3n) is 3.89. The number of hydrogen-bond acceptors (Lipinski definition) is 5. The molecule has 1 N–H and O–H groups in total. The predicted molar refractivity (Wildman–Crippen MR) is 87.9 cm³/mol. The summed E-state index contributed by atoms with van der Waals surface area (Å²) in [6.07, 6.45) is 2.61. The first-order chi connectivity index (χ1) is 10.2. The maximum atomic E-state index is 4.48. The molecule has 4 nitrogen and oxygen atoms in total. The van der Waals surface area contributed by atoms with E-state index in [-0.39, 0.29) is 0 Å². The number of aryl methyl sites for hydroxylation is 2. The summed E-state index contributed by atoms with van der Waals surface area (Å²) < 4.78 is 0. The molecule has 0 spiro atoms. The van der Waals surface area contributed by atoms with Crippen LogP contribution in [0.4, 0.5) is 5.95 Å². The molecule has 1 fully saturated rings. The van der Waals surface area contributed by atoms with Gasteiger partial charge in [0.2, 0.25) is 5.95 Å². The third-order valence-corrected chi connectivity index (χ3v) is 4.86. The van der Waals surface area contributed by atoms with Crippen LogP contribution in [0.3, 0.4) is 0 Å². The largest absolute Gasteiger partial charge is 0.352 e. The van der Waals surface area contributed by atoms with Gasteiger partial charge in [0.25, 0.3) is 0 Å². The molecule has 0 aliphatic carbocycles. The summed E-state index contributed by atoms with van der Waals surface area (Å²) in [5.74, 6) is 0.744. The maximum absolute atomic E-state index is 4.48. The molecule has 1 saturated heterocycles. The number of anilines is 1. The van der Waals surface area contributed by atoms with Gasteiger partial charge < -0.3 is 5.32 Å². The van der Waals surface area contributed by atoms with Gasteiger partial charge in [-0.25, -0.2) is 9.97 Å². The van der Waals surface area contributed by atoms with E-state index in [4.69, 9.17) is 0 Å². The minimum atomic E-state index is 0.428. The molecule has 21 heavy (non-hydrogen) atoms. The fourth-order valence-electron chi connectivity index (χ4n) is 2.94. The molecule has 112 valence electrons. The van der Waals surface area contributed by atoms with Crippen molar-refractivity contribution in [1.29, 1.82) is 0 Å². The zero-order valence-electron chi connectivity index (χ0n) is 12.7. The Hall–Kier alpha value is -1.46. The molecule has 1 unspecified atom stereocenters. The normalized spacial score (nSPS) is 17.0. The Morgan fingerprint density at radius 2 is 1.95 bits per heavy atom. The lowest BCUT2D eigenvalue weighted by Gasteiger charge is -2.27. The monoisotopic (exact) mass is 302 g/mol. The minimum Gasteiger partial charge on any atom is -0.352 e. The third kappa shape index (κ3) is 3.60. The van der Waals surface area contributed by atoms with Crippen LogP contribution in [0.15, 0.2) is 23.6 Å². The smallest absolute Gasteiger partial charge is 0.223 e. The summed E-state index contributed by atoms with van der Waals surface area (Å²) in [6, 6.07) is 6.80. The number of aromatic nitrogens is 2. The average Bonchev–Trinajstić information content (AvgIpc) is 3.10. The van der Waals surface area contributed by atoms with E-state index in [0.29, 0.717) is 6.04 Å². The van der Waals surface area contributed by atoms with Crippen LogP contribution in [-0.4, -0.2) is 34.5 Å². The van der Waals surface area contributed by atoms with Crippen LogP contribution in [0.1, 0.15) is 35.1 Å². The number of thiophene rings is 1. The zero-order chi connectivity index (χ0) is 14.7. The molecule has 5 heteroatoms. The number of hydrogen-bond donors (Lipinski definition) is 1. The molecule has 0 radical (unpaired) electrons. The van der Waals surface area contributed by atoms with Crippen molar-refractivity contribution in [2.24, 2.45) is 0 Å². The Bertz CT molecular complexity index is 556. The second kappa shape index (κ2) is 6.54. The van der Waals surface area contributed by atoms with Crippen LogP contribution in [0.2, 0.25) is 0 Å². The van der Waals surface area contributed by atoms with E-state index in [1.807, 2.05) is 31.3 Å². The van der Waals surface area contributed by atoms with Crippen molar-refractivity contribution >= 4 is 17.3 Å². The van der Waals surface area contributed by atoms with Crippen LogP contribution in [0.25, 0.3) is 0 Å². The van der Waals surface area contributed by atoms with Crippen molar-refractivity contribution in [2.45, 2.75) is 32.7 Å². The highest BCUT2D eigenvalue weighted by atomic mass is 32.1. The van der Waals surface area contributed by atoms with Gasteiger partial charge in [-0.15, -0.1) is 11.3 Å². The molecule has 0 aromatic carbocycles. The number of likely N-dealkylation sites (tertiary alicyclic amines) is 1. The Balaban J connectivity index is 1.72. The van der Waals surface area contributed by atoms with Crippen LogP contribution >= 0.6 is 11.3 Å². The summed E-state index contributed by atoms with van der Waals surface area (Å²) in [6.45, 7) is 7.27. The Kier molecular flexibility index (Phi) is 4.51. The summed E-state index contributed by atoms with van der Waals surface area (Å²) in [5.41, 5.74) is 2.03. The molecule has 1 atom stereocenters. The fraction of sp³-hybridized carbons (Fsp3) is 0.500. The molecule has 3 heterocycles. The number of nitrogens with one attached hydrogen (secondary N) is 1. The van der Waals surface area contributed by atoms with Gasteiger partial charge in [-0.05, 0) is 57.3 Å². The first-order valence-corrected chi connectivity index (χ1v) is 8.44. The highest BCUT2D eigenvalue weighted by molar-refractivity contribution is 7.10. The van der Waals surface area contributed by atoms with Crippen molar-refractivity contribution < 1.29 is 0 Å². The van der Waals surface area contributed by atoms with Gasteiger partial charge in [0.05, 0.1) is 6.04 Å². The average molecular weight is 302 g/mol. The van der Waals surface area contributed by atoms with Crippen LogP contribution in [0.5, 0.6) is 0 Å². The molecular formula is C16H22N4S. The van der Waals surface area contributed by atoms with E-state index in [9.17, 15) is 0 Å². The van der Waals surface area contributed by atoms with Gasteiger partial charge in [-0.3, -0.25) is 4.90 Å². The molecule has 1 aliphatic heterocycles. The van der Waals surface area contributed by atoms with Gasteiger partial charge in [-0.1, -0.05) is 6.07 Å². The SMILES string of the molecule is Cc1cc(C)nc(NCC(c2cccs2)N2CCCC2)n1. The Morgan fingerprint density at radius 1 is 1.24 bits per heavy atom. The highest BCUT2D eigenvalue weighted by Crippen LogP contribution is 2.28. The summed E-state index contributed by atoms with van der Waals surface area (Å²) in [5, 5.41) is 5.59. The fourth-order valence-corrected chi connectivity index (χ4v) is 3.80. The van der Waals surface area contributed by atoms with Crippen LogP contribution in [0, 0.1) is 13.8 Å². The van der Waals surface area contributed by atoms with Gasteiger partial charge in [0, 0.05) is 22.8 Å². The summed E-state index contributed by atoms with van der Waals surface area (Å²) >= 11 is 1.84. The van der Waals surface area contributed by atoms with Crippen molar-refractivity contribution in [3.8, 4) is 0 Å². The predicted octanol–water partition coefficient (Wildman–Crippen LogP) is 3.40. The maximum Gasteiger partial charge on any atom is 0.223 e. The molecule has 3 rings (SSSR count). The van der Waals surface area contributed by atoms with E-state index in [2.05, 4.69) is 37.7 Å². The van der Waals surface area contributed by atoms with Gasteiger partial charge in [0.15, 0.2) is 0 Å². The quantitative estimate of drug-likeness (QED) is 0.919. The van der Waals surface area contributed by atoms with Crippen molar-refractivity contribution in [3.05, 3.63) is 39.8 Å². The Morgan fingerprint density at radius 3 is 2.57 bits per heavy atom. The van der Waals surface area contributed by atoms with Crippen molar-refractivity contribution in [1.82, 2.24) is 14.9 Å². The lowest BCUT2D eigenvalue weighted by atomic mass is 10.2. The van der Waals surface area contributed by atoms with E-state index >= 15 is 0 Å². The number of rotatable bonds is 5. The number of nitrogens with zero attached hydrogens (tertiary/aromatic N) is 3. The van der Waals surface area contributed by atoms with Gasteiger partial charge in [-0.2, -0.15) is 0 Å². The molecule has 0 saturated carbocycles. The molecular weight excluding hydrogens is 280 g/mol. The van der Waals surface area contributed by atoms with Crippen molar-refractivity contribution in [2.75, 3.05) is 25.0 Å². The minimum absolute atomic E-state index is 0.428. The molecule has 2 aromatic rings. The lowest BCUT2D eigenvalue weighted by molar-refractivity contribution is 0.259. The first-order valence-electron chi connectivity index (χ1n) is 7.56. The summed E-state index contributed by atoms with van der Waals surface area (Å²) in [7, 11) is 0. The topological polar surface area (TPSA) is 41.1 Å². The van der Waals surface area contributed by atoms with E-state index < -0.39 is 0 Å². The molecule has 1 aliphatic rings. The van der Waals surface area contributed by atoms with Gasteiger partial charge >= 0.3 is 0 Å². The van der Waals surface area contributed by atoms with E-state index in [0.717, 1.165) is 23.9 Å². The second-order valence-electron chi connectivity index (χ2n) is 5.63. The second-order valence-corrected chi connectivity index (χ2v) is 6.61. The summed E-state index contributed by atoms with van der Waals surface area (Å²) in [4.78, 5) is 12.9. The van der Waals surface area contributed by atoms with Crippen molar-refractivity contribution in [3.63, 3.8) is 0 Å². The van der Waals surface area contributed by atoms with E-state index in [1.165, 1.54) is 30.8 Å². The first kappa shape index (κ1) is 14.5. The van der Waals surface area contributed by atoms with Crippen LogP contribution < -0.4 is 5.32 Å².